The van der Waals surface area contributed by atoms with Gasteiger partial charge in [-0.25, -0.2) is 0 Å². The third-order valence-electron chi connectivity index (χ3n) is 5.41. The number of allylic oxidation sites excluding steroid dienone is 1. The van der Waals surface area contributed by atoms with Crippen LogP contribution in [0.3, 0.4) is 0 Å². The number of ketones is 1. The first kappa shape index (κ1) is 15.8. The van der Waals surface area contributed by atoms with Gasteiger partial charge in [0.15, 0.2) is 17.8 Å². The van der Waals surface area contributed by atoms with E-state index >= 15 is 0 Å². The van der Waals surface area contributed by atoms with Crippen molar-refractivity contribution in [2.45, 2.75) is 75.3 Å². The van der Waals surface area contributed by atoms with Crippen molar-refractivity contribution in [1.82, 2.24) is 4.90 Å². The quantitative estimate of drug-likeness (QED) is 0.567. The van der Waals surface area contributed by atoms with E-state index < -0.39 is 23.7 Å². The molecule has 0 bridgehead atoms. The molecule has 1 spiro atoms. The third kappa shape index (κ3) is 2.08. The molecule has 4 rings (SSSR count). The first-order valence-electron chi connectivity index (χ1n) is 8.57. The lowest BCUT2D eigenvalue weighted by molar-refractivity contribution is -0.228. The number of hydrogen-bond donors (Lipinski definition) is 0. The fraction of sp³-hybridized carbons (Fsp3) is 0.667. The SMILES string of the molecule is C#C[C@@]12OC3(CCCC3)O[C@@H]1[C@@H](CC)O[C@H]2N1C=CC(=O)CC1=O. The van der Waals surface area contributed by atoms with Crippen molar-refractivity contribution in [2.24, 2.45) is 0 Å². The molecule has 4 atom stereocenters. The monoisotopic (exact) mass is 331 g/mol. The Hall–Kier alpha value is -1.68. The van der Waals surface area contributed by atoms with Gasteiger partial charge in [0.25, 0.3) is 0 Å². The van der Waals surface area contributed by atoms with Gasteiger partial charge in [-0.2, -0.15) is 0 Å². The molecule has 2 saturated heterocycles. The van der Waals surface area contributed by atoms with Crippen molar-refractivity contribution in [2.75, 3.05) is 0 Å². The highest BCUT2D eigenvalue weighted by Crippen LogP contribution is 2.53. The highest BCUT2D eigenvalue weighted by atomic mass is 16.8. The molecule has 0 aromatic rings. The topological polar surface area (TPSA) is 65.1 Å². The number of carbonyl (C=O) groups excluding carboxylic acids is 2. The van der Waals surface area contributed by atoms with E-state index in [1.807, 2.05) is 6.92 Å². The molecule has 3 heterocycles. The second kappa shape index (κ2) is 5.41. The minimum absolute atomic E-state index is 0.176. The fourth-order valence-electron chi connectivity index (χ4n) is 4.24. The summed E-state index contributed by atoms with van der Waals surface area (Å²) in [5.74, 6) is 1.54. The summed E-state index contributed by atoms with van der Waals surface area (Å²) in [4.78, 5) is 25.2. The Bertz CT molecular complexity index is 644. The normalized spacial score (nSPS) is 40.3. The van der Waals surface area contributed by atoms with E-state index in [9.17, 15) is 9.59 Å². The standard InChI is InChI=1S/C18H21NO5/c1-3-13-15-18(4-2,24-17(23-15)8-5-6-9-17)16(22-13)19-10-7-12(20)11-14(19)21/h2,7,10,13,15-16H,3,5-6,8-9,11H2,1H3/t13-,15-,16-,18-/m1/s1. The summed E-state index contributed by atoms with van der Waals surface area (Å²) in [5.41, 5.74) is -1.13. The molecule has 6 heteroatoms. The fourth-order valence-corrected chi connectivity index (χ4v) is 4.24. The number of amides is 1. The Morgan fingerprint density at radius 1 is 1.38 bits per heavy atom. The van der Waals surface area contributed by atoms with Crippen LogP contribution >= 0.6 is 0 Å². The summed E-state index contributed by atoms with van der Waals surface area (Å²) in [6.45, 7) is 1.99. The molecule has 0 N–H and O–H groups in total. The number of rotatable bonds is 2. The van der Waals surface area contributed by atoms with Gasteiger partial charge in [0.2, 0.25) is 11.5 Å². The van der Waals surface area contributed by atoms with Gasteiger partial charge in [-0.15, -0.1) is 6.42 Å². The number of fused-ring (bicyclic) bond motifs is 1. The number of nitrogens with zero attached hydrogens (tertiary/aromatic N) is 1. The maximum absolute atomic E-state index is 12.4. The van der Waals surface area contributed by atoms with E-state index in [2.05, 4.69) is 5.92 Å². The summed E-state index contributed by atoms with van der Waals surface area (Å²) in [5, 5.41) is 0. The molecule has 0 aromatic carbocycles. The van der Waals surface area contributed by atoms with Crippen LogP contribution in [0.1, 0.15) is 45.4 Å². The van der Waals surface area contributed by atoms with Crippen LogP contribution in [0.5, 0.6) is 0 Å². The van der Waals surface area contributed by atoms with E-state index in [4.69, 9.17) is 20.6 Å². The predicted octanol–water partition coefficient (Wildman–Crippen LogP) is 1.49. The highest BCUT2D eigenvalue weighted by Gasteiger charge is 2.69. The Morgan fingerprint density at radius 3 is 2.75 bits per heavy atom. The first-order chi connectivity index (χ1) is 11.5. The van der Waals surface area contributed by atoms with E-state index in [0.717, 1.165) is 25.7 Å². The number of ether oxygens (including phenoxy) is 3. The number of hydrogen-bond acceptors (Lipinski definition) is 5. The summed E-state index contributed by atoms with van der Waals surface area (Å²) in [6, 6.07) is 0. The van der Waals surface area contributed by atoms with Crippen LogP contribution in [0.4, 0.5) is 0 Å². The van der Waals surface area contributed by atoms with Crippen molar-refractivity contribution < 1.29 is 23.8 Å². The number of terminal acetylenes is 1. The Morgan fingerprint density at radius 2 is 2.12 bits per heavy atom. The van der Waals surface area contributed by atoms with Gasteiger partial charge in [-0.1, -0.05) is 12.8 Å². The zero-order valence-corrected chi connectivity index (χ0v) is 13.7. The zero-order valence-electron chi connectivity index (χ0n) is 13.7. The molecule has 6 nitrogen and oxygen atoms in total. The molecule has 1 amide bonds. The van der Waals surface area contributed by atoms with Crippen LogP contribution in [0.25, 0.3) is 0 Å². The molecular weight excluding hydrogens is 310 g/mol. The van der Waals surface area contributed by atoms with Gasteiger partial charge in [0.1, 0.15) is 6.10 Å². The van der Waals surface area contributed by atoms with Gasteiger partial charge in [-0.05, 0) is 25.3 Å². The summed E-state index contributed by atoms with van der Waals surface area (Å²) >= 11 is 0. The Balaban J connectivity index is 1.72. The van der Waals surface area contributed by atoms with Crippen molar-refractivity contribution in [3.8, 4) is 12.3 Å². The Labute approximate surface area is 141 Å². The zero-order chi connectivity index (χ0) is 16.9. The molecule has 3 aliphatic heterocycles. The Kier molecular flexibility index (Phi) is 3.57. The molecule has 0 radical (unpaired) electrons. The average Bonchev–Trinajstić information content (AvgIpc) is 3.22. The van der Waals surface area contributed by atoms with Crippen LogP contribution in [0.2, 0.25) is 0 Å². The summed E-state index contributed by atoms with van der Waals surface area (Å²) in [7, 11) is 0. The van der Waals surface area contributed by atoms with Gasteiger partial charge in [0, 0.05) is 19.0 Å². The van der Waals surface area contributed by atoms with Crippen LogP contribution in [0, 0.1) is 12.3 Å². The second-order valence-electron chi connectivity index (χ2n) is 6.89. The lowest BCUT2D eigenvalue weighted by atomic mass is 9.93. The molecule has 4 aliphatic rings. The van der Waals surface area contributed by atoms with E-state index in [1.165, 1.54) is 17.2 Å². The lowest BCUT2D eigenvalue weighted by Gasteiger charge is -2.36. The highest BCUT2D eigenvalue weighted by molar-refractivity contribution is 6.06. The van der Waals surface area contributed by atoms with E-state index in [1.54, 1.807) is 0 Å². The van der Waals surface area contributed by atoms with Gasteiger partial charge in [0.05, 0.1) is 12.5 Å². The summed E-state index contributed by atoms with van der Waals surface area (Å²) in [6.07, 6.45) is 11.5. The van der Waals surface area contributed by atoms with Gasteiger partial charge in [-0.3, -0.25) is 14.5 Å². The van der Waals surface area contributed by atoms with Crippen LogP contribution in [-0.2, 0) is 23.8 Å². The van der Waals surface area contributed by atoms with Crippen LogP contribution < -0.4 is 0 Å². The molecule has 1 saturated carbocycles. The lowest BCUT2D eigenvalue weighted by Crippen LogP contribution is -2.54. The predicted molar refractivity (Wildman–Crippen MR) is 83.3 cm³/mol. The van der Waals surface area contributed by atoms with Crippen LogP contribution in [0.15, 0.2) is 12.3 Å². The molecular formula is C18H21NO5. The molecule has 0 unspecified atom stereocenters. The smallest absolute Gasteiger partial charge is 0.236 e. The molecule has 24 heavy (non-hydrogen) atoms. The van der Waals surface area contributed by atoms with Crippen LogP contribution in [-0.4, -0.2) is 46.4 Å². The largest absolute Gasteiger partial charge is 0.348 e. The van der Waals surface area contributed by atoms with Gasteiger partial charge < -0.3 is 14.2 Å². The van der Waals surface area contributed by atoms with Crippen molar-refractivity contribution >= 4 is 11.7 Å². The van der Waals surface area contributed by atoms with Crippen molar-refractivity contribution in [3.05, 3.63) is 12.3 Å². The van der Waals surface area contributed by atoms with Crippen molar-refractivity contribution in [3.63, 3.8) is 0 Å². The first-order valence-corrected chi connectivity index (χ1v) is 8.57. The number of carbonyl (C=O) groups is 2. The van der Waals surface area contributed by atoms with E-state index in [0.29, 0.717) is 6.42 Å². The minimum Gasteiger partial charge on any atom is -0.348 e. The molecule has 128 valence electrons. The maximum Gasteiger partial charge on any atom is 0.236 e. The van der Waals surface area contributed by atoms with Gasteiger partial charge >= 0.3 is 0 Å². The van der Waals surface area contributed by atoms with Crippen molar-refractivity contribution in [1.29, 1.82) is 0 Å². The second-order valence-corrected chi connectivity index (χ2v) is 6.89. The van der Waals surface area contributed by atoms with E-state index in [-0.39, 0.29) is 24.2 Å². The molecule has 0 aromatic heterocycles. The average molecular weight is 331 g/mol. The molecule has 3 fully saturated rings. The molecule has 1 aliphatic carbocycles. The third-order valence-corrected chi connectivity index (χ3v) is 5.41. The summed E-state index contributed by atoms with van der Waals surface area (Å²) < 4.78 is 18.7. The maximum atomic E-state index is 12.4. The minimum atomic E-state index is -1.13.